The summed E-state index contributed by atoms with van der Waals surface area (Å²) in [6, 6.07) is 11.1. The number of hydrogen-bond donors (Lipinski definition) is 1. The number of rotatable bonds is 7. The number of carbonyl (C=O) groups is 1. The van der Waals surface area contributed by atoms with Gasteiger partial charge in [0.2, 0.25) is 5.88 Å². The second-order valence-corrected chi connectivity index (χ2v) is 11.5. The van der Waals surface area contributed by atoms with Crippen molar-refractivity contribution in [2.45, 2.75) is 63.6 Å². The summed E-state index contributed by atoms with van der Waals surface area (Å²) in [6.07, 6.45) is 2.20. The van der Waals surface area contributed by atoms with Crippen LogP contribution >= 0.6 is 0 Å². The first-order valence-corrected chi connectivity index (χ1v) is 14.2. The van der Waals surface area contributed by atoms with Crippen molar-refractivity contribution < 1.29 is 27.8 Å². The summed E-state index contributed by atoms with van der Waals surface area (Å²) in [4.78, 5) is 20.7. The van der Waals surface area contributed by atoms with Gasteiger partial charge in [-0.1, -0.05) is 31.4 Å². The summed E-state index contributed by atoms with van der Waals surface area (Å²) in [5.41, 5.74) is 0.911. The molecule has 0 spiro atoms. The molecule has 1 aromatic heterocycles. The third-order valence-electron chi connectivity index (χ3n) is 8.76. The van der Waals surface area contributed by atoms with Crippen molar-refractivity contribution in [1.82, 2.24) is 14.8 Å². The van der Waals surface area contributed by atoms with E-state index in [-0.39, 0.29) is 25.3 Å². The van der Waals surface area contributed by atoms with Crippen LogP contribution in [0.15, 0.2) is 42.6 Å². The zero-order valence-corrected chi connectivity index (χ0v) is 22.3. The molecule has 212 valence electrons. The molecule has 2 saturated heterocycles. The van der Waals surface area contributed by atoms with E-state index in [1.807, 2.05) is 29.2 Å². The van der Waals surface area contributed by atoms with Gasteiger partial charge in [-0.05, 0) is 74.9 Å². The highest BCUT2D eigenvalue weighted by Crippen LogP contribution is 2.49. The predicted octanol–water partition coefficient (Wildman–Crippen LogP) is 5.56. The molecule has 1 atom stereocenters. The van der Waals surface area contributed by atoms with Crippen molar-refractivity contribution in [2.75, 3.05) is 39.3 Å². The van der Waals surface area contributed by atoms with Crippen LogP contribution in [-0.2, 0) is 0 Å². The Morgan fingerprint density at radius 2 is 1.67 bits per heavy atom. The van der Waals surface area contributed by atoms with Gasteiger partial charge < -0.3 is 19.6 Å². The zero-order chi connectivity index (χ0) is 27.5. The van der Waals surface area contributed by atoms with Crippen LogP contribution in [0.1, 0.15) is 61.7 Å². The molecule has 0 radical (unpaired) electrons. The number of nitrogens with zero attached hydrogens (tertiary/aromatic N) is 3. The Balaban J connectivity index is 1.08. The van der Waals surface area contributed by atoms with E-state index < -0.39 is 17.7 Å². The number of hydrogen-bond acceptors (Lipinski definition) is 5. The van der Waals surface area contributed by atoms with Crippen molar-refractivity contribution in [2.24, 2.45) is 11.3 Å². The van der Waals surface area contributed by atoms with E-state index in [0.29, 0.717) is 69.4 Å². The molecule has 1 aliphatic carbocycles. The van der Waals surface area contributed by atoms with Gasteiger partial charge in [0.1, 0.15) is 0 Å². The number of carbonyl (C=O) groups excluding carboxylic acids is 1. The fourth-order valence-corrected chi connectivity index (χ4v) is 6.25. The number of amides is 1. The number of β-amino-alcohol motifs (C(OH)–C–C–N with tert-alkyl or cyclic N) is 1. The fourth-order valence-electron chi connectivity index (χ4n) is 6.25. The number of benzene rings is 1. The monoisotopic (exact) mass is 545 g/mol. The summed E-state index contributed by atoms with van der Waals surface area (Å²) >= 11 is 0. The first-order chi connectivity index (χ1) is 18.7. The van der Waals surface area contributed by atoms with Gasteiger partial charge in [-0.15, -0.1) is 0 Å². The lowest BCUT2D eigenvalue weighted by Gasteiger charge is -2.44. The SMILES string of the molecule is O=C(c1ccc(-c2ccc(OCC3CCN(CC4(C(F)(F)F)CCCCC4)CC3)nc2)cc1)N1CC[C@H](O)C1. The standard InChI is InChI=1S/C30H38F3N3O3/c31-30(32,33)29(13-2-1-3-14-29)21-35-15-10-22(11-16-35)20-39-27-9-8-25(18-34-27)23-4-6-24(7-5-23)28(38)36-17-12-26(37)19-36/h4-9,18,22,26,37H,1-3,10-17,19-21H2/t26-/m0/s1. The molecule has 1 N–H and O–H groups in total. The molecule has 1 saturated carbocycles. The number of pyridine rings is 1. The van der Waals surface area contributed by atoms with Gasteiger partial charge in [-0.3, -0.25) is 4.79 Å². The van der Waals surface area contributed by atoms with Crippen LogP contribution in [-0.4, -0.2) is 77.4 Å². The number of aromatic nitrogens is 1. The first-order valence-electron chi connectivity index (χ1n) is 14.2. The second-order valence-electron chi connectivity index (χ2n) is 11.5. The number of piperidine rings is 1. The quantitative estimate of drug-likeness (QED) is 0.494. The molecule has 1 amide bonds. The predicted molar refractivity (Wildman–Crippen MR) is 142 cm³/mol. The van der Waals surface area contributed by atoms with Gasteiger partial charge in [0.15, 0.2) is 0 Å². The maximum Gasteiger partial charge on any atom is 0.395 e. The summed E-state index contributed by atoms with van der Waals surface area (Å²) < 4.78 is 47.7. The van der Waals surface area contributed by atoms with Gasteiger partial charge >= 0.3 is 6.18 Å². The molecule has 0 bridgehead atoms. The summed E-state index contributed by atoms with van der Waals surface area (Å²) in [6.45, 7) is 2.94. The molecule has 0 unspecified atom stereocenters. The van der Waals surface area contributed by atoms with Gasteiger partial charge in [-0.2, -0.15) is 13.2 Å². The van der Waals surface area contributed by atoms with Crippen LogP contribution in [0, 0.1) is 11.3 Å². The van der Waals surface area contributed by atoms with E-state index in [1.165, 1.54) is 0 Å². The number of alkyl halides is 3. The normalized spacial score (nSPS) is 22.7. The highest BCUT2D eigenvalue weighted by molar-refractivity contribution is 5.95. The lowest BCUT2D eigenvalue weighted by molar-refractivity contribution is -0.240. The minimum atomic E-state index is -4.14. The minimum absolute atomic E-state index is 0.0698. The van der Waals surface area contributed by atoms with E-state index >= 15 is 0 Å². The van der Waals surface area contributed by atoms with E-state index in [0.717, 1.165) is 30.4 Å². The number of aliphatic hydroxyl groups excluding tert-OH is 1. The molecule has 39 heavy (non-hydrogen) atoms. The maximum absolute atomic E-state index is 13.9. The molecular formula is C30H38F3N3O3. The highest BCUT2D eigenvalue weighted by Gasteiger charge is 2.55. The van der Waals surface area contributed by atoms with Gasteiger partial charge in [0.05, 0.1) is 18.1 Å². The number of aliphatic hydroxyl groups is 1. The van der Waals surface area contributed by atoms with E-state index in [2.05, 4.69) is 4.98 Å². The van der Waals surface area contributed by atoms with Gasteiger partial charge in [0.25, 0.3) is 5.91 Å². The summed E-state index contributed by atoms with van der Waals surface area (Å²) in [5.74, 6) is 0.760. The van der Waals surface area contributed by atoms with E-state index in [4.69, 9.17) is 4.74 Å². The molecule has 3 aliphatic rings. The number of likely N-dealkylation sites (tertiary alicyclic amines) is 2. The van der Waals surface area contributed by atoms with E-state index in [9.17, 15) is 23.1 Å². The number of ether oxygens (including phenoxy) is 1. The third-order valence-corrected chi connectivity index (χ3v) is 8.76. The molecule has 5 rings (SSSR count). The van der Waals surface area contributed by atoms with Crippen LogP contribution in [0.25, 0.3) is 11.1 Å². The molecule has 9 heteroatoms. The van der Waals surface area contributed by atoms with Crippen LogP contribution in [0.5, 0.6) is 5.88 Å². The second kappa shape index (κ2) is 11.8. The molecule has 1 aromatic carbocycles. The molecule has 3 fully saturated rings. The lowest BCUT2D eigenvalue weighted by Crippen LogP contribution is -2.50. The van der Waals surface area contributed by atoms with Crippen molar-refractivity contribution in [3.05, 3.63) is 48.2 Å². The molecule has 6 nitrogen and oxygen atoms in total. The summed E-state index contributed by atoms with van der Waals surface area (Å²) in [5, 5.41) is 9.67. The van der Waals surface area contributed by atoms with E-state index in [1.54, 1.807) is 23.2 Å². The van der Waals surface area contributed by atoms with Crippen molar-refractivity contribution >= 4 is 5.91 Å². The van der Waals surface area contributed by atoms with Crippen molar-refractivity contribution in [1.29, 1.82) is 0 Å². The van der Waals surface area contributed by atoms with Crippen molar-refractivity contribution in [3.8, 4) is 17.0 Å². The molecule has 2 aliphatic heterocycles. The highest BCUT2D eigenvalue weighted by atomic mass is 19.4. The minimum Gasteiger partial charge on any atom is -0.477 e. The van der Waals surface area contributed by atoms with Crippen LogP contribution in [0.2, 0.25) is 0 Å². The lowest BCUT2D eigenvalue weighted by atomic mass is 9.72. The smallest absolute Gasteiger partial charge is 0.395 e. The molecular weight excluding hydrogens is 507 g/mol. The Hall–Kier alpha value is -2.65. The largest absolute Gasteiger partial charge is 0.477 e. The number of halogens is 3. The average molecular weight is 546 g/mol. The maximum atomic E-state index is 13.9. The van der Waals surface area contributed by atoms with Crippen LogP contribution in [0.3, 0.4) is 0 Å². The van der Waals surface area contributed by atoms with Gasteiger partial charge in [-0.25, -0.2) is 4.98 Å². The van der Waals surface area contributed by atoms with Crippen LogP contribution < -0.4 is 4.74 Å². The molecule has 2 aromatic rings. The topological polar surface area (TPSA) is 65.9 Å². The fraction of sp³-hybridized carbons (Fsp3) is 0.600. The van der Waals surface area contributed by atoms with Crippen molar-refractivity contribution in [3.63, 3.8) is 0 Å². The first kappa shape index (κ1) is 27.9. The molecule has 3 heterocycles. The Labute approximate surface area is 228 Å². The Morgan fingerprint density at radius 3 is 2.26 bits per heavy atom. The van der Waals surface area contributed by atoms with Crippen LogP contribution in [0.4, 0.5) is 13.2 Å². The summed E-state index contributed by atoms with van der Waals surface area (Å²) in [7, 11) is 0. The third kappa shape index (κ3) is 6.57. The zero-order valence-electron chi connectivity index (χ0n) is 22.3. The Morgan fingerprint density at radius 1 is 0.974 bits per heavy atom. The average Bonchev–Trinajstić information content (AvgIpc) is 3.39. The van der Waals surface area contributed by atoms with Gasteiger partial charge in [0, 0.05) is 43.0 Å². The Bertz CT molecular complexity index is 1090. The Kier molecular flexibility index (Phi) is 8.47.